The van der Waals surface area contributed by atoms with E-state index < -0.39 is 0 Å². The van der Waals surface area contributed by atoms with Crippen molar-refractivity contribution in [3.63, 3.8) is 0 Å². The second-order valence-electron chi connectivity index (χ2n) is 3.91. The molecule has 0 aliphatic carbocycles. The zero-order valence-corrected chi connectivity index (χ0v) is 11.7. The Morgan fingerprint density at radius 1 is 1.62 bits per heavy atom. The van der Waals surface area contributed by atoms with E-state index in [1.54, 1.807) is 11.8 Å². The molecule has 0 aliphatic rings. The predicted octanol–water partition coefficient (Wildman–Crippen LogP) is 2.63. The van der Waals surface area contributed by atoms with E-state index in [4.69, 9.17) is 12.2 Å². The molecule has 5 heteroatoms. The highest BCUT2D eigenvalue weighted by atomic mass is 32.2. The predicted molar refractivity (Wildman–Crippen MR) is 75.0 cm³/mol. The average Bonchev–Trinajstić information content (AvgIpc) is 2.72. The number of hydrogen-bond acceptors (Lipinski definition) is 3. The molecule has 0 unspecified atom stereocenters. The fourth-order valence-corrected chi connectivity index (χ4v) is 1.87. The minimum absolute atomic E-state index is 0.482. The smallest absolute Gasteiger partial charge is 0.133 e. The van der Waals surface area contributed by atoms with Crippen molar-refractivity contribution in [3.8, 4) is 0 Å². The van der Waals surface area contributed by atoms with Crippen LogP contribution in [0.3, 0.4) is 0 Å². The van der Waals surface area contributed by atoms with Crippen molar-refractivity contribution >= 4 is 28.3 Å². The summed E-state index contributed by atoms with van der Waals surface area (Å²) in [5.41, 5.74) is 0. The maximum Gasteiger partial charge on any atom is 0.133 e. The van der Waals surface area contributed by atoms with Crippen molar-refractivity contribution in [1.29, 1.82) is 0 Å². The largest absolute Gasteiger partial charge is 0.371 e. The molecule has 0 radical (unpaired) electrons. The van der Waals surface area contributed by atoms with Crippen molar-refractivity contribution in [2.24, 2.45) is 0 Å². The van der Waals surface area contributed by atoms with E-state index in [1.807, 2.05) is 18.6 Å². The zero-order chi connectivity index (χ0) is 12.0. The summed E-state index contributed by atoms with van der Waals surface area (Å²) in [7, 11) is 0. The van der Waals surface area contributed by atoms with Crippen molar-refractivity contribution in [3.05, 3.63) is 18.2 Å². The Balaban J connectivity index is 2.32. The van der Waals surface area contributed by atoms with E-state index in [-0.39, 0.29) is 0 Å². The van der Waals surface area contributed by atoms with Crippen LogP contribution in [0.5, 0.6) is 0 Å². The Labute approximate surface area is 107 Å². The third-order valence-electron chi connectivity index (χ3n) is 2.29. The van der Waals surface area contributed by atoms with Crippen LogP contribution in [0, 0.1) is 0 Å². The fourth-order valence-electron chi connectivity index (χ4n) is 1.52. The van der Waals surface area contributed by atoms with Gasteiger partial charge in [0.15, 0.2) is 0 Å². The van der Waals surface area contributed by atoms with Gasteiger partial charge in [-0.25, -0.2) is 4.98 Å². The Bertz CT molecular complexity index is 334. The molecule has 0 bridgehead atoms. The molecule has 0 spiro atoms. The summed E-state index contributed by atoms with van der Waals surface area (Å²) in [6, 6.07) is 0. The highest BCUT2D eigenvalue weighted by Crippen LogP contribution is 2.11. The van der Waals surface area contributed by atoms with Crippen LogP contribution in [0.25, 0.3) is 0 Å². The van der Waals surface area contributed by atoms with E-state index >= 15 is 0 Å². The van der Waals surface area contributed by atoms with Crippen LogP contribution in [-0.2, 0) is 6.54 Å². The van der Waals surface area contributed by atoms with Gasteiger partial charge in [0.05, 0.1) is 0 Å². The summed E-state index contributed by atoms with van der Waals surface area (Å²) in [5.74, 6) is 1.64. The Hall–Kier alpha value is -0.550. The summed E-state index contributed by atoms with van der Waals surface area (Å²) in [5, 5.41) is 3.20. The van der Waals surface area contributed by atoms with Crippen molar-refractivity contribution in [2.75, 3.05) is 12.8 Å². The summed E-state index contributed by atoms with van der Waals surface area (Å²) in [4.78, 5) is 4.36. The van der Waals surface area contributed by atoms with Gasteiger partial charge in [0.1, 0.15) is 10.1 Å². The van der Waals surface area contributed by atoms with Gasteiger partial charge in [-0.15, -0.1) is 11.8 Å². The lowest BCUT2D eigenvalue weighted by Crippen LogP contribution is -2.20. The molecule has 1 rings (SSSR count). The van der Waals surface area contributed by atoms with Gasteiger partial charge in [0.25, 0.3) is 0 Å². The van der Waals surface area contributed by atoms with Gasteiger partial charge >= 0.3 is 0 Å². The van der Waals surface area contributed by atoms with Gasteiger partial charge in [-0.3, -0.25) is 0 Å². The summed E-state index contributed by atoms with van der Waals surface area (Å²) < 4.78 is 3.09. The number of aryl methyl sites for hydroxylation is 1. The second-order valence-corrected chi connectivity index (χ2v) is 5.39. The highest BCUT2D eigenvalue weighted by molar-refractivity contribution is 8.22. The molecule has 1 aromatic heterocycles. The Kier molecular flexibility index (Phi) is 5.84. The number of nitrogens with zero attached hydrogens (tertiary/aromatic N) is 2. The molecule has 0 saturated carbocycles. The molecule has 1 N–H and O–H groups in total. The van der Waals surface area contributed by atoms with E-state index in [0.717, 1.165) is 29.7 Å². The lowest BCUT2D eigenvalue weighted by molar-refractivity contribution is 0.585. The molecule has 3 nitrogen and oxygen atoms in total. The van der Waals surface area contributed by atoms with E-state index in [9.17, 15) is 0 Å². The molecular weight excluding hydrogens is 238 g/mol. The van der Waals surface area contributed by atoms with Gasteiger partial charge in [-0.2, -0.15) is 0 Å². The van der Waals surface area contributed by atoms with Crippen LogP contribution in [0.15, 0.2) is 12.4 Å². The first kappa shape index (κ1) is 13.5. The topological polar surface area (TPSA) is 29.9 Å². The summed E-state index contributed by atoms with van der Waals surface area (Å²) in [6.45, 7) is 6.26. The van der Waals surface area contributed by atoms with Crippen LogP contribution in [-0.4, -0.2) is 26.7 Å². The van der Waals surface area contributed by atoms with Crippen LogP contribution >= 0.6 is 24.0 Å². The van der Waals surface area contributed by atoms with E-state index in [0.29, 0.717) is 5.92 Å². The number of imidazole rings is 1. The molecule has 90 valence electrons. The van der Waals surface area contributed by atoms with Gasteiger partial charge in [-0.1, -0.05) is 26.1 Å². The lowest BCUT2D eigenvalue weighted by atomic mass is 10.2. The first-order valence-corrected chi connectivity index (χ1v) is 7.11. The third kappa shape index (κ3) is 4.14. The van der Waals surface area contributed by atoms with Crippen LogP contribution < -0.4 is 5.32 Å². The first-order valence-electron chi connectivity index (χ1n) is 5.48. The van der Waals surface area contributed by atoms with Gasteiger partial charge in [0.2, 0.25) is 0 Å². The van der Waals surface area contributed by atoms with Gasteiger partial charge in [0, 0.05) is 31.4 Å². The van der Waals surface area contributed by atoms with Gasteiger partial charge < -0.3 is 9.88 Å². The maximum absolute atomic E-state index is 5.07. The normalized spacial score (nSPS) is 10.8. The number of aromatic nitrogens is 2. The van der Waals surface area contributed by atoms with E-state index in [2.05, 4.69) is 28.7 Å². The van der Waals surface area contributed by atoms with E-state index in [1.165, 1.54) is 0 Å². The monoisotopic (exact) mass is 257 g/mol. The zero-order valence-electron chi connectivity index (χ0n) is 10.1. The lowest BCUT2D eigenvalue weighted by Gasteiger charge is -2.10. The molecule has 16 heavy (non-hydrogen) atoms. The molecule has 0 amide bonds. The fraction of sp³-hybridized carbons (Fsp3) is 0.636. The van der Waals surface area contributed by atoms with Crippen LogP contribution in [0.2, 0.25) is 0 Å². The molecule has 1 heterocycles. The maximum atomic E-state index is 5.07. The molecule has 0 aliphatic heterocycles. The molecule has 1 aromatic rings. The van der Waals surface area contributed by atoms with Crippen molar-refractivity contribution < 1.29 is 0 Å². The third-order valence-corrected chi connectivity index (χ3v) is 3.45. The van der Waals surface area contributed by atoms with Crippen molar-refractivity contribution in [1.82, 2.24) is 14.9 Å². The SMILES string of the molecule is CSC(=S)NCCCn1ccnc1C(C)C. The average molecular weight is 257 g/mol. The van der Waals surface area contributed by atoms with Gasteiger partial charge in [-0.05, 0) is 12.7 Å². The van der Waals surface area contributed by atoms with Crippen molar-refractivity contribution in [2.45, 2.75) is 32.7 Å². The van der Waals surface area contributed by atoms with Crippen LogP contribution in [0.1, 0.15) is 32.0 Å². The number of thiocarbonyl (C=S) groups is 1. The summed E-state index contributed by atoms with van der Waals surface area (Å²) >= 11 is 6.65. The number of nitrogens with one attached hydrogen (secondary N) is 1. The quantitative estimate of drug-likeness (QED) is 0.649. The number of hydrogen-bond donors (Lipinski definition) is 1. The highest BCUT2D eigenvalue weighted by Gasteiger charge is 2.06. The first-order chi connectivity index (χ1) is 7.65. The number of thioether (sulfide) groups is 1. The number of rotatable bonds is 5. The van der Waals surface area contributed by atoms with Crippen LogP contribution in [0.4, 0.5) is 0 Å². The minimum Gasteiger partial charge on any atom is -0.371 e. The standard InChI is InChI=1S/C11H19N3S2/c1-9(2)10-12-6-8-14(10)7-4-5-13-11(15)16-3/h6,8-9H,4-5,7H2,1-3H3,(H,13,15). The summed E-state index contributed by atoms with van der Waals surface area (Å²) in [6.07, 6.45) is 6.97. The molecule has 0 saturated heterocycles. The second kappa shape index (κ2) is 6.91. The minimum atomic E-state index is 0.482. The molecular formula is C11H19N3S2. The Morgan fingerprint density at radius 3 is 3.00 bits per heavy atom. The molecule has 0 fully saturated rings. The Morgan fingerprint density at radius 2 is 2.38 bits per heavy atom. The molecule has 0 atom stereocenters. The molecule has 0 aromatic carbocycles.